The van der Waals surface area contributed by atoms with Gasteiger partial charge in [0, 0.05) is 46.3 Å². The number of ketones is 8. The van der Waals surface area contributed by atoms with Crippen molar-refractivity contribution in [3.63, 3.8) is 0 Å². The van der Waals surface area contributed by atoms with Crippen molar-refractivity contribution in [1.29, 1.82) is 0 Å². The Morgan fingerprint density at radius 1 is 0.208 bits per heavy atom. The molecule has 0 saturated heterocycles. The largest absolute Gasteiger partial charge is 4.00 e. The van der Waals surface area contributed by atoms with Crippen LogP contribution in [0.4, 0.5) is 0 Å². The summed E-state index contributed by atoms with van der Waals surface area (Å²) in [6.07, 6.45) is 4.89. The molecule has 0 aromatic heterocycles. The van der Waals surface area contributed by atoms with Gasteiger partial charge in [0.1, 0.15) is 0 Å². The molecule has 0 atom stereocenters. The van der Waals surface area contributed by atoms with Gasteiger partial charge >= 0.3 is 25.8 Å². The monoisotopic (exact) mass is 913 g/mol. The first-order valence-electron chi connectivity index (χ1n) is 17.9. The molecule has 0 bridgehead atoms. The number of rotatable bonds is 8. The van der Waals surface area contributed by atoms with Gasteiger partial charge in [-0.25, -0.2) is 0 Å². The Labute approximate surface area is 344 Å². The number of carbonyl (C=O) groups excluding carboxylic acids is 8. The zero-order chi connectivity index (χ0) is 43.4. The van der Waals surface area contributed by atoms with Crippen LogP contribution in [0.5, 0.6) is 0 Å². The van der Waals surface area contributed by atoms with Gasteiger partial charge in [-0.1, -0.05) is 166 Å². The van der Waals surface area contributed by atoms with Crippen LogP contribution >= 0.6 is 0 Å². The summed E-state index contributed by atoms with van der Waals surface area (Å²) < 4.78 is 0. The predicted octanol–water partition coefficient (Wildman–Crippen LogP) is 9.68. The topological polar surface area (TPSA) is 137 Å². The van der Waals surface area contributed by atoms with Gasteiger partial charge in [0.15, 0.2) is 0 Å². The fourth-order valence-electron chi connectivity index (χ4n) is 2.21. The summed E-state index contributed by atoms with van der Waals surface area (Å²) in [6.45, 7) is 43.4. The molecule has 304 valence electrons. The molecule has 9 heteroatoms. The van der Waals surface area contributed by atoms with E-state index in [1.165, 1.54) is 25.7 Å². The van der Waals surface area contributed by atoms with Crippen molar-refractivity contribution in [3.8, 4) is 0 Å². The molecule has 0 heterocycles. The third-order valence-electron chi connectivity index (χ3n) is 6.96. The SMILES string of the molecule is CC(C)(C)C(=O)[CH-]C(=O)C(C)(C)C.CC(C)(C)C(=O)[CH-]C(=O)C(C)(C)C.CC(C)(C)C(=O)[CH-]C(=O)C(C)(C)C.CC(C)(C)C(=O)[CH-]C(=O)C(C)(C)C.[Hf+4]. The second-order valence-electron chi connectivity index (χ2n) is 21.5. The van der Waals surface area contributed by atoms with E-state index in [0.29, 0.717) is 0 Å². The molecule has 8 nitrogen and oxygen atoms in total. The molecule has 0 amide bonds. The molecule has 53 heavy (non-hydrogen) atoms. The first-order chi connectivity index (χ1) is 22.2. The smallest absolute Gasteiger partial charge is 0.333 e. The maximum Gasteiger partial charge on any atom is 4.00 e. The van der Waals surface area contributed by atoms with E-state index in [-0.39, 0.29) is 72.1 Å². The molecule has 0 spiro atoms. The molecule has 0 fully saturated rings. The fourth-order valence-corrected chi connectivity index (χ4v) is 2.21. The van der Waals surface area contributed by atoms with E-state index < -0.39 is 43.3 Å². The quantitative estimate of drug-likeness (QED) is 0.133. The first-order valence-corrected chi connectivity index (χ1v) is 17.9. The first kappa shape index (κ1) is 60.0. The van der Waals surface area contributed by atoms with Crippen LogP contribution in [0.25, 0.3) is 0 Å². The average Bonchev–Trinajstić information content (AvgIpc) is 2.85. The zero-order valence-corrected chi connectivity index (χ0v) is 41.7. The Morgan fingerprint density at radius 2 is 0.264 bits per heavy atom. The maximum absolute atomic E-state index is 11.4. The van der Waals surface area contributed by atoms with Crippen molar-refractivity contribution in [2.45, 2.75) is 166 Å². The van der Waals surface area contributed by atoms with E-state index in [0.717, 1.165) is 0 Å². The van der Waals surface area contributed by atoms with Gasteiger partial charge < -0.3 is 38.4 Å². The van der Waals surface area contributed by atoms with Gasteiger partial charge in [-0.05, 0) is 43.3 Å². The maximum atomic E-state index is 11.4. The minimum atomic E-state index is -0.457. The van der Waals surface area contributed by atoms with Crippen molar-refractivity contribution in [3.05, 3.63) is 25.7 Å². The molecule has 0 aromatic carbocycles. The van der Waals surface area contributed by atoms with Crippen LogP contribution in [0, 0.1) is 69.0 Å². The minimum absolute atomic E-state index is 0. The Bertz CT molecular complexity index is 964. The zero-order valence-electron chi connectivity index (χ0n) is 38.1. The summed E-state index contributed by atoms with van der Waals surface area (Å²) >= 11 is 0. The summed E-state index contributed by atoms with van der Waals surface area (Å²) in [5.41, 5.74) is -3.66. The summed E-state index contributed by atoms with van der Waals surface area (Å²) in [5.74, 6) is -0.834. The molecule has 0 aliphatic rings. The summed E-state index contributed by atoms with van der Waals surface area (Å²) in [6, 6.07) is 0. The van der Waals surface area contributed by atoms with Gasteiger partial charge in [0.25, 0.3) is 0 Å². The molecule has 0 aliphatic heterocycles. The van der Waals surface area contributed by atoms with E-state index in [2.05, 4.69) is 0 Å². The molecular weight excluding hydrogens is 835 g/mol. The van der Waals surface area contributed by atoms with E-state index in [1.807, 2.05) is 166 Å². The second kappa shape index (κ2) is 21.7. The van der Waals surface area contributed by atoms with Crippen LogP contribution in [-0.2, 0) is 64.2 Å². The summed E-state index contributed by atoms with van der Waals surface area (Å²) in [7, 11) is 0. The van der Waals surface area contributed by atoms with Gasteiger partial charge in [0.2, 0.25) is 0 Å². The van der Waals surface area contributed by atoms with E-state index >= 15 is 0 Å². The van der Waals surface area contributed by atoms with Crippen LogP contribution in [0.3, 0.4) is 0 Å². The van der Waals surface area contributed by atoms with E-state index in [1.54, 1.807) is 0 Å². The van der Waals surface area contributed by atoms with Crippen molar-refractivity contribution in [2.24, 2.45) is 43.3 Å². The number of hydrogen-bond donors (Lipinski definition) is 0. The standard InChI is InChI=1S/4C11H19O2.Hf/c4*1-10(2,3)8(12)7-9(13)11(4,5)6;/h4*7H,1-6H3;/q4*-1;+4. The number of hydrogen-bond acceptors (Lipinski definition) is 8. The Kier molecular flexibility index (Phi) is 24.6. The average molecular weight is 912 g/mol. The summed E-state index contributed by atoms with van der Waals surface area (Å²) in [4.78, 5) is 91.6. The second-order valence-corrected chi connectivity index (χ2v) is 21.5. The molecular formula is C44H76HfO8. The van der Waals surface area contributed by atoms with E-state index in [4.69, 9.17) is 0 Å². The van der Waals surface area contributed by atoms with Gasteiger partial charge in [-0.3, -0.25) is 25.7 Å². The number of carbonyl (C=O) groups is 8. The molecule has 0 aliphatic carbocycles. The van der Waals surface area contributed by atoms with Crippen LogP contribution in [-0.4, -0.2) is 46.3 Å². The Hall–Kier alpha value is -2.29. The molecule has 0 rings (SSSR count). The van der Waals surface area contributed by atoms with Crippen LogP contribution in [0.2, 0.25) is 0 Å². The molecule has 0 saturated carbocycles. The van der Waals surface area contributed by atoms with Crippen LogP contribution in [0.1, 0.15) is 166 Å². The molecule has 0 unspecified atom stereocenters. The fraction of sp³-hybridized carbons (Fsp3) is 0.727. The van der Waals surface area contributed by atoms with Crippen molar-refractivity contribution >= 4 is 46.3 Å². The van der Waals surface area contributed by atoms with Crippen LogP contribution in [0.15, 0.2) is 0 Å². The van der Waals surface area contributed by atoms with Gasteiger partial charge in [0.05, 0.1) is 0 Å². The Balaban J connectivity index is -0.000000192. The predicted molar refractivity (Wildman–Crippen MR) is 213 cm³/mol. The molecule has 0 N–H and O–H groups in total. The van der Waals surface area contributed by atoms with Gasteiger partial charge in [-0.2, -0.15) is 0 Å². The summed E-state index contributed by atoms with van der Waals surface area (Å²) in [5, 5.41) is 0. The van der Waals surface area contributed by atoms with Crippen molar-refractivity contribution in [1.82, 2.24) is 0 Å². The number of Topliss-reactive ketones (excluding diaryl/α,β-unsaturated/α-hetero) is 8. The molecule has 0 radical (unpaired) electrons. The van der Waals surface area contributed by atoms with E-state index in [9.17, 15) is 38.4 Å². The Morgan fingerprint density at radius 3 is 0.302 bits per heavy atom. The van der Waals surface area contributed by atoms with Crippen molar-refractivity contribution in [2.75, 3.05) is 0 Å². The third-order valence-corrected chi connectivity index (χ3v) is 6.96. The normalized spacial score (nSPS) is 12.2. The minimum Gasteiger partial charge on any atom is -0.333 e. The van der Waals surface area contributed by atoms with Crippen molar-refractivity contribution < 1.29 is 64.2 Å². The third kappa shape index (κ3) is 29.7. The van der Waals surface area contributed by atoms with Gasteiger partial charge in [-0.15, -0.1) is 0 Å². The van der Waals surface area contributed by atoms with Crippen LogP contribution < -0.4 is 0 Å². The molecule has 0 aromatic rings.